The number of nitrogens with two attached hydrogens (primary N) is 1. The summed E-state index contributed by atoms with van der Waals surface area (Å²) < 4.78 is 18.5. The van der Waals surface area contributed by atoms with Crippen LogP contribution in [0.5, 0.6) is 5.75 Å². The van der Waals surface area contributed by atoms with Crippen LogP contribution in [0.3, 0.4) is 0 Å². The summed E-state index contributed by atoms with van der Waals surface area (Å²) in [6, 6.07) is 2.06. The number of benzene rings is 1. The lowest BCUT2D eigenvalue weighted by molar-refractivity contribution is 0.0697. The van der Waals surface area contributed by atoms with Crippen molar-refractivity contribution >= 4 is 11.7 Å². The van der Waals surface area contributed by atoms with Crippen molar-refractivity contribution in [2.45, 2.75) is 13.8 Å². The lowest BCUT2D eigenvalue weighted by Crippen LogP contribution is -2.08. The molecule has 1 aromatic carbocycles. The molecule has 0 unspecified atom stereocenters. The third-order valence-corrected chi connectivity index (χ3v) is 1.91. The highest BCUT2D eigenvalue weighted by molar-refractivity contribution is 5.94. The van der Waals surface area contributed by atoms with Crippen molar-refractivity contribution in [1.29, 1.82) is 0 Å². The summed E-state index contributed by atoms with van der Waals surface area (Å²) in [6.07, 6.45) is 0. The Bertz CT molecular complexity index is 404. The second-order valence-corrected chi connectivity index (χ2v) is 3.88. The predicted molar refractivity (Wildman–Crippen MR) is 58.1 cm³/mol. The van der Waals surface area contributed by atoms with Gasteiger partial charge in [0.1, 0.15) is 0 Å². The van der Waals surface area contributed by atoms with Crippen LogP contribution in [0.4, 0.5) is 10.1 Å². The molecule has 0 heterocycles. The quantitative estimate of drug-likeness (QED) is 0.773. The van der Waals surface area contributed by atoms with Crippen LogP contribution in [0.25, 0.3) is 0 Å². The smallest absolute Gasteiger partial charge is 0.337 e. The Kier molecular flexibility index (Phi) is 3.71. The van der Waals surface area contributed by atoms with Gasteiger partial charge in [-0.1, -0.05) is 13.8 Å². The first-order valence-electron chi connectivity index (χ1n) is 4.87. The Labute approximate surface area is 92.8 Å². The van der Waals surface area contributed by atoms with Crippen LogP contribution in [0.15, 0.2) is 12.1 Å². The topological polar surface area (TPSA) is 72.5 Å². The van der Waals surface area contributed by atoms with E-state index in [-0.39, 0.29) is 22.9 Å². The second kappa shape index (κ2) is 4.83. The van der Waals surface area contributed by atoms with Gasteiger partial charge in [-0.3, -0.25) is 0 Å². The zero-order valence-corrected chi connectivity index (χ0v) is 9.16. The monoisotopic (exact) mass is 227 g/mol. The standard InChI is InChI=1S/C11H14FNO3/c1-6(2)5-16-10-3-7(11(14)15)9(13)4-8(10)12/h3-4,6H,5,13H2,1-2H3,(H,14,15). The highest BCUT2D eigenvalue weighted by Gasteiger charge is 2.14. The number of rotatable bonds is 4. The van der Waals surface area contributed by atoms with E-state index < -0.39 is 11.8 Å². The molecule has 0 saturated carbocycles. The molecule has 0 aliphatic rings. The number of aromatic carboxylic acids is 1. The van der Waals surface area contributed by atoms with Crippen molar-refractivity contribution in [2.24, 2.45) is 5.92 Å². The molecule has 0 aromatic heterocycles. The minimum absolute atomic E-state index is 0.0831. The molecule has 0 aliphatic carbocycles. The summed E-state index contributed by atoms with van der Waals surface area (Å²) in [7, 11) is 0. The summed E-state index contributed by atoms with van der Waals surface area (Å²) >= 11 is 0. The molecule has 4 nitrogen and oxygen atoms in total. The van der Waals surface area contributed by atoms with E-state index in [2.05, 4.69) is 0 Å². The van der Waals surface area contributed by atoms with E-state index in [1.54, 1.807) is 0 Å². The normalized spacial score (nSPS) is 10.5. The van der Waals surface area contributed by atoms with E-state index in [0.717, 1.165) is 12.1 Å². The van der Waals surface area contributed by atoms with Crippen LogP contribution < -0.4 is 10.5 Å². The summed E-state index contributed by atoms with van der Waals surface area (Å²) in [4.78, 5) is 10.8. The van der Waals surface area contributed by atoms with Crippen molar-refractivity contribution in [3.63, 3.8) is 0 Å². The molecule has 1 rings (SSSR count). The van der Waals surface area contributed by atoms with Crippen LogP contribution in [0.2, 0.25) is 0 Å². The largest absolute Gasteiger partial charge is 0.490 e. The first-order chi connectivity index (χ1) is 7.41. The number of carbonyl (C=O) groups is 1. The molecule has 0 radical (unpaired) electrons. The fourth-order valence-electron chi connectivity index (χ4n) is 1.12. The van der Waals surface area contributed by atoms with Gasteiger partial charge >= 0.3 is 5.97 Å². The van der Waals surface area contributed by atoms with Crippen LogP contribution in [0, 0.1) is 11.7 Å². The van der Waals surface area contributed by atoms with E-state index in [1.807, 2.05) is 13.8 Å². The number of carboxylic acid groups (broad SMARTS) is 1. The summed E-state index contributed by atoms with van der Waals surface area (Å²) in [5.41, 5.74) is 5.11. The van der Waals surface area contributed by atoms with Gasteiger partial charge in [-0.25, -0.2) is 9.18 Å². The Morgan fingerprint density at radius 2 is 2.19 bits per heavy atom. The summed E-state index contributed by atoms with van der Waals surface area (Å²) in [6.45, 7) is 4.14. The molecule has 3 N–H and O–H groups in total. The fourth-order valence-corrected chi connectivity index (χ4v) is 1.12. The van der Waals surface area contributed by atoms with Crippen molar-refractivity contribution < 1.29 is 19.0 Å². The molecular formula is C11H14FNO3. The van der Waals surface area contributed by atoms with Gasteiger partial charge < -0.3 is 15.6 Å². The van der Waals surface area contributed by atoms with Crippen LogP contribution in [-0.2, 0) is 0 Å². The zero-order valence-electron chi connectivity index (χ0n) is 9.16. The number of hydrogen-bond acceptors (Lipinski definition) is 3. The first-order valence-corrected chi connectivity index (χ1v) is 4.87. The number of anilines is 1. The molecule has 5 heteroatoms. The average Bonchev–Trinajstić information content (AvgIpc) is 2.15. The second-order valence-electron chi connectivity index (χ2n) is 3.88. The lowest BCUT2D eigenvalue weighted by atomic mass is 10.1. The lowest BCUT2D eigenvalue weighted by Gasteiger charge is -2.11. The summed E-state index contributed by atoms with van der Waals surface area (Å²) in [5, 5.41) is 8.80. The van der Waals surface area contributed by atoms with E-state index in [9.17, 15) is 9.18 Å². The molecule has 0 aliphatic heterocycles. The van der Waals surface area contributed by atoms with Crippen molar-refractivity contribution in [2.75, 3.05) is 12.3 Å². The fraction of sp³-hybridized carbons (Fsp3) is 0.364. The molecule has 88 valence electrons. The van der Waals surface area contributed by atoms with E-state index in [1.165, 1.54) is 0 Å². The Morgan fingerprint density at radius 3 is 2.69 bits per heavy atom. The van der Waals surface area contributed by atoms with Gasteiger partial charge in [0.25, 0.3) is 0 Å². The van der Waals surface area contributed by atoms with Crippen LogP contribution in [-0.4, -0.2) is 17.7 Å². The van der Waals surface area contributed by atoms with Gasteiger partial charge in [-0.05, 0) is 12.0 Å². The van der Waals surface area contributed by atoms with E-state index in [4.69, 9.17) is 15.6 Å². The maximum atomic E-state index is 13.3. The van der Waals surface area contributed by atoms with Gasteiger partial charge in [-0.15, -0.1) is 0 Å². The summed E-state index contributed by atoms with van der Waals surface area (Å²) in [5.74, 6) is -1.71. The van der Waals surface area contributed by atoms with Crippen molar-refractivity contribution in [3.8, 4) is 5.75 Å². The van der Waals surface area contributed by atoms with Gasteiger partial charge in [0.05, 0.1) is 12.2 Å². The highest BCUT2D eigenvalue weighted by Crippen LogP contribution is 2.24. The number of halogens is 1. The number of ether oxygens (including phenoxy) is 1. The molecule has 1 aromatic rings. The molecule has 0 fully saturated rings. The van der Waals surface area contributed by atoms with E-state index >= 15 is 0 Å². The highest BCUT2D eigenvalue weighted by atomic mass is 19.1. The number of hydrogen-bond donors (Lipinski definition) is 2. The number of carboxylic acids is 1. The maximum Gasteiger partial charge on any atom is 0.337 e. The molecular weight excluding hydrogens is 213 g/mol. The minimum Gasteiger partial charge on any atom is -0.490 e. The Hall–Kier alpha value is -1.78. The first kappa shape index (κ1) is 12.3. The third-order valence-electron chi connectivity index (χ3n) is 1.91. The molecule has 16 heavy (non-hydrogen) atoms. The maximum absolute atomic E-state index is 13.3. The van der Waals surface area contributed by atoms with Gasteiger partial charge in [0, 0.05) is 11.8 Å². The minimum atomic E-state index is -1.20. The van der Waals surface area contributed by atoms with Crippen LogP contribution in [0.1, 0.15) is 24.2 Å². The van der Waals surface area contributed by atoms with E-state index in [0.29, 0.717) is 6.61 Å². The SMILES string of the molecule is CC(C)COc1cc(C(=O)O)c(N)cc1F. The van der Waals surface area contributed by atoms with Crippen molar-refractivity contribution in [3.05, 3.63) is 23.5 Å². The Morgan fingerprint density at radius 1 is 1.56 bits per heavy atom. The zero-order chi connectivity index (χ0) is 12.3. The molecule has 0 spiro atoms. The van der Waals surface area contributed by atoms with Crippen molar-refractivity contribution in [1.82, 2.24) is 0 Å². The Balaban J connectivity index is 3.00. The molecule has 0 amide bonds. The number of nitrogen functional groups attached to an aromatic ring is 1. The van der Waals surface area contributed by atoms with Crippen LogP contribution >= 0.6 is 0 Å². The van der Waals surface area contributed by atoms with Gasteiger partial charge in [0.15, 0.2) is 11.6 Å². The van der Waals surface area contributed by atoms with Gasteiger partial charge in [0.2, 0.25) is 0 Å². The van der Waals surface area contributed by atoms with Gasteiger partial charge in [-0.2, -0.15) is 0 Å². The molecule has 0 bridgehead atoms. The molecule has 0 saturated heterocycles. The predicted octanol–water partition coefficient (Wildman–Crippen LogP) is 2.14. The average molecular weight is 227 g/mol. The third kappa shape index (κ3) is 2.85. The molecule has 0 atom stereocenters.